The molecule has 0 amide bonds. The van der Waals surface area contributed by atoms with Crippen LogP contribution in [-0.2, 0) is 4.79 Å². The van der Waals surface area contributed by atoms with Crippen molar-refractivity contribution in [1.82, 2.24) is 0 Å². The van der Waals surface area contributed by atoms with Crippen LogP contribution in [0.2, 0.25) is 14.8 Å². The summed E-state index contributed by atoms with van der Waals surface area (Å²) in [7, 11) is 0. The Kier molecular flexibility index (Phi) is 11.2. The summed E-state index contributed by atoms with van der Waals surface area (Å²) in [5, 5.41) is 9.15. The maximum absolute atomic E-state index is 9.74. The first-order valence-electron chi connectivity index (χ1n) is 3.57. The second-order valence-corrected chi connectivity index (χ2v) is 11.9. The van der Waals surface area contributed by atoms with Crippen LogP contribution in [-0.4, -0.2) is 31.0 Å². The number of hydrogen-bond acceptors (Lipinski definition) is 3. The number of rotatable bonds is 2. The third-order valence-corrected chi connectivity index (χ3v) is 1.23. The summed E-state index contributed by atoms with van der Waals surface area (Å²) in [5.74, 6) is -1.09. The Morgan fingerprint density at radius 3 is 1.82 bits per heavy atom. The summed E-state index contributed by atoms with van der Waals surface area (Å²) in [6.45, 7) is 1.74. The molecule has 0 aromatic rings. The number of aliphatic carboxylic acids is 1. The topological polar surface area (TPSA) is 40.1 Å². The molecule has 2 nitrogen and oxygen atoms in total. The van der Waals surface area contributed by atoms with E-state index in [9.17, 15) is 9.90 Å². The summed E-state index contributed by atoms with van der Waals surface area (Å²) >= 11 is 3.12. The van der Waals surface area contributed by atoms with Gasteiger partial charge in [-0.15, -0.1) is 0 Å². The van der Waals surface area contributed by atoms with E-state index in [-0.39, 0.29) is 0 Å². The fourth-order valence-electron chi connectivity index (χ4n) is 0.167. The Morgan fingerprint density at radius 1 is 1.55 bits per heavy atom. The van der Waals surface area contributed by atoms with E-state index in [2.05, 4.69) is 27.4 Å². The molecule has 66 valence electrons. The van der Waals surface area contributed by atoms with Crippen molar-refractivity contribution in [3.8, 4) is 0 Å². The molecule has 0 saturated heterocycles. The van der Waals surface area contributed by atoms with Gasteiger partial charge in [0.15, 0.2) is 0 Å². The van der Waals surface area contributed by atoms with Gasteiger partial charge in [-0.25, -0.2) is 0 Å². The fraction of sp³-hybridized carbons (Fsp3) is 0.857. The van der Waals surface area contributed by atoms with Crippen LogP contribution >= 0.6 is 12.6 Å². The number of carboxylic acids is 1. The van der Waals surface area contributed by atoms with Crippen molar-refractivity contribution in [2.45, 2.75) is 33.4 Å². The molecule has 0 aliphatic rings. The molecule has 0 N–H and O–H groups in total. The molecule has 0 aromatic heterocycles. The molecule has 1 unspecified atom stereocenters. The first kappa shape index (κ1) is 14.2. The van der Waals surface area contributed by atoms with Gasteiger partial charge in [-0.05, 0) is 6.42 Å². The molecular formula is C7H16O2SSn. The van der Waals surface area contributed by atoms with Crippen molar-refractivity contribution < 1.29 is 9.90 Å². The van der Waals surface area contributed by atoms with Gasteiger partial charge >= 0.3 is 34.6 Å². The first-order valence-corrected chi connectivity index (χ1v) is 12.6. The Hall–Kier alpha value is 0.619. The van der Waals surface area contributed by atoms with Gasteiger partial charge < -0.3 is 9.90 Å². The average Bonchev–Trinajstić information content (AvgIpc) is 1.85. The van der Waals surface area contributed by atoms with Crippen LogP contribution in [0.4, 0.5) is 0 Å². The minimum atomic E-state index is -1.09. The van der Waals surface area contributed by atoms with Crippen molar-refractivity contribution in [3.05, 3.63) is 0 Å². The quantitative estimate of drug-likeness (QED) is 0.602. The van der Waals surface area contributed by atoms with Crippen LogP contribution in [0, 0.1) is 0 Å². The zero-order valence-electron chi connectivity index (χ0n) is 7.55. The molecule has 1 atom stereocenters. The van der Waals surface area contributed by atoms with E-state index in [4.69, 9.17) is 0 Å². The van der Waals surface area contributed by atoms with Crippen LogP contribution in [0.3, 0.4) is 0 Å². The Bertz CT molecular complexity index is 104. The second-order valence-electron chi connectivity index (χ2n) is 2.74. The van der Waals surface area contributed by atoms with Gasteiger partial charge in [0, 0.05) is 5.25 Å². The fourth-order valence-corrected chi connectivity index (χ4v) is 0.167. The molecule has 4 heteroatoms. The maximum atomic E-state index is 9.74. The summed E-state index contributed by atoms with van der Waals surface area (Å²) in [4.78, 5) is 16.8. The van der Waals surface area contributed by atoms with Gasteiger partial charge in [0.25, 0.3) is 0 Å². The molecule has 0 aliphatic heterocycles. The van der Waals surface area contributed by atoms with Gasteiger partial charge in [0.1, 0.15) is 0 Å². The summed E-state index contributed by atoms with van der Waals surface area (Å²) in [6.07, 6.45) is 0.519. The van der Waals surface area contributed by atoms with Crippen LogP contribution in [0.5, 0.6) is 0 Å². The van der Waals surface area contributed by atoms with Crippen LogP contribution < -0.4 is 5.11 Å². The van der Waals surface area contributed by atoms with Gasteiger partial charge in [-0.1, -0.05) is 6.92 Å². The molecule has 0 fully saturated rings. The van der Waals surface area contributed by atoms with E-state index in [1.54, 1.807) is 6.92 Å². The summed E-state index contributed by atoms with van der Waals surface area (Å²) in [6, 6.07) is 0. The SMILES string of the molecule is CCC(S)C(=O)[O-].[CH3][Sn+]([CH3])[CH3]. The number of hydrogen-bond donors (Lipinski definition) is 1. The number of carboxylic acid groups (broad SMARTS) is 1. The number of carbonyl (C=O) groups is 1. The van der Waals surface area contributed by atoms with E-state index >= 15 is 0 Å². The van der Waals surface area contributed by atoms with Crippen molar-refractivity contribution in [2.75, 3.05) is 0 Å². The van der Waals surface area contributed by atoms with E-state index in [1.165, 1.54) is 0 Å². The minimum absolute atomic E-state index is 0.519. The van der Waals surface area contributed by atoms with Crippen molar-refractivity contribution in [2.24, 2.45) is 0 Å². The third kappa shape index (κ3) is 18.0. The van der Waals surface area contributed by atoms with Gasteiger partial charge in [-0.2, -0.15) is 12.6 Å². The molecule has 0 radical (unpaired) electrons. The Balaban J connectivity index is 0. The van der Waals surface area contributed by atoms with Crippen LogP contribution in [0.15, 0.2) is 0 Å². The molecular weight excluding hydrogens is 267 g/mol. The molecule has 0 spiro atoms. The predicted molar refractivity (Wildman–Crippen MR) is 51.4 cm³/mol. The first-order chi connectivity index (χ1) is 4.91. The van der Waals surface area contributed by atoms with Crippen LogP contribution in [0.25, 0.3) is 0 Å². The molecule has 0 rings (SSSR count). The Labute approximate surface area is 81.5 Å². The molecule has 0 heterocycles. The zero-order chi connectivity index (χ0) is 9.44. The van der Waals surface area contributed by atoms with Crippen molar-refractivity contribution in [1.29, 1.82) is 0 Å². The predicted octanol–water partition coefficient (Wildman–Crippen LogP) is 0.815. The van der Waals surface area contributed by atoms with E-state index in [0.717, 1.165) is 0 Å². The number of thiol groups is 1. The van der Waals surface area contributed by atoms with Crippen molar-refractivity contribution >= 4 is 38.4 Å². The van der Waals surface area contributed by atoms with Crippen LogP contribution in [0.1, 0.15) is 13.3 Å². The number of carbonyl (C=O) groups excluding carboxylic acids is 1. The van der Waals surface area contributed by atoms with Gasteiger partial charge in [0.05, 0.1) is 5.97 Å². The van der Waals surface area contributed by atoms with E-state index in [1.807, 2.05) is 0 Å². The standard InChI is InChI=1S/C4H8O2S.3CH3.Sn/c1-2-3(7)4(5)6;;;;/h3,7H,2H2,1H3,(H,5,6);3*1H3;/q;;;;+1/p-1. The average molecular weight is 283 g/mol. The zero-order valence-corrected chi connectivity index (χ0v) is 11.3. The molecule has 0 bridgehead atoms. The molecule has 0 aromatic carbocycles. The summed E-state index contributed by atoms with van der Waals surface area (Å²) < 4.78 is 0. The normalized spacial score (nSPS) is 11.0. The molecule has 0 aliphatic carbocycles. The second kappa shape index (κ2) is 8.71. The van der Waals surface area contributed by atoms with E-state index < -0.39 is 31.0 Å². The Morgan fingerprint density at radius 2 is 1.82 bits per heavy atom. The van der Waals surface area contributed by atoms with Gasteiger partial charge in [0.2, 0.25) is 0 Å². The van der Waals surface area contributed by atoms with Gasteiger partial charge in [-0.3, -0.25) is 0 Å². The monoisotopic (exact) mass is 284 g/mol. The van der Waals surface area contributed by atoms with E-state index in [0.29, 0.717) is 6.42 Å². The molecule has 11 heavy (non-hydrogen) atoms. The molecule has 0 saturated carbocycles. The summed E-state index contributed by atoms with van der Waals surface area (Å²) in [5.41, 5.74) is 0. The van der Waals surface area contributed by atoms with Crippen molar-refractivity contribution in [3.63, 3.8) is 0 Å². The third-order valence-electron chi connectivity index (χ3n) is 0.659.